The second kappa shape index (κ2) is 10.3. The molecule has 0 aromatic rings. The van der Waals surface area contributed by atoms with Crippen molar-refractivity contribution >= 4 is 20.8 Å². The van der Waals surface area contributed by atoms with E-state index in [9.17, 15) is 0 Å². The van der Waals surface area contributed by atoms with E-state index >= 15 is 0 Å². The maximum atomic E-state index is 8.93. The van der Waals surface area contributed by atoms with Crippen LogP contribution in [0.15, 0.2) is 0 Å². The van der Waals surface area contributed by atoms with Crippen molar-refractivity contribution in [3.63, 3.8) is 0 Å². The second-order valence-corrected chi connectivity index (χ2v) is 1.51. The summed E-state index contributed by atoms with van der Waals surface area (Å²) in [5.41, 5.74) is 0. The Kier molecular flexibility index (Phi) is 27.1. The van der Waals surface area contributed by atoms with Crippen LogP contribution in [0.25, 0.3) is 0 Å². The van der Waals surface area contributed by atoms with E-state index in [1.165, 1.54) is 0 Å². The average Bonchev–Trinajstić information content (AvgIpc) is 0.811. The van der Waals surface area contributed by atoms with Gasteiger partial charge in [-0.2, -0.15) is 0 Å². The van der Waals surface area contributed by atoms with E-state index in [-0.39, 0.29) is 62.0 Å². The zero-order valence-corrected chi connectivity index (χ0v) is 9.30. The molecule has 0 aromatic carbocycles. The topological polar surface area (TPSA) is 37.3 Å². The van der Waals surface area contributed by atoms with Crippen LogP contribution in [0.2, 0.25) is 0 Å². The van der Waals surface area contributed by atoms with Crippen LogP contribution in [-0.2, 0) is 25.0 Å². The molecule has 0 aliphatic heterocycles. The van der Waals surface area contributed by atoms with Gasteiger partial charge >= 0.3 is 59.1 Å². The molecule has 2 nitrogen and oxygen atoms in total. The van der Waals surface area contributed by atoms with Gasteiger partial charge in [-0.15, -0.1) is 0 Å². The first kappa shape index (κ1) is 15.8. The van der Waals surface area contributed by atoms with Crippen molar-refractivity contribution in [1.29, 1.82) is 0 Å². The van der Waals surface area contributed by atoms with Gasteiger partial charge < -0.3 is 11.6 Å². The summed E-state index contributed by atoms with van der Waals surface area (Å²) in [5.74, 6) is 0. The van der Waals surface area contributed by atoms with Gasteiger partial charge in [-0.3, -0.25) is 0 Å². The van der Waals surface area contributed by atoms with Crippen molar-refractivity contribution < 1.29 is 70.7 Å². The summed E-state index contributed by atoms with van der Waals surface area (Å²) in [6, 6.07) is 0. The summed E-state index contributed by atoms with van der Waals surface area (Å²) in [6.45, 7) is 0. The van der Waals surface area contributed by atoms with Gasteiger partial charge in [0.25, 0.3) is 0 Å². The molecular weight excluding hydrogens is 142 g/mol. The molecule has 0 spiro atoms. The molecule has 0 saturated carbocycles. The van der Waals surface area contributed by atoms with Crippen LogP contribution >= 0.6 is 0 Å². The van der Waals surface area contributed by atoms with Crippen LogP contribution in [0.1, 0.15) is 2.85 Å². The normalized spacial score (nSPS) is 5.67. The summed E-state index contributed by atoms with van der Waals surface area (Å²) in [6.07, 6.45) is 0. The maximum Gasteiger partial charge on any atom is 1.00 e. The van der Waals surface area contributed by atoms with Crippen molar-refractivity contribution in [2.45, 2.75) is 0 Å². The number of rotatable bonds is 0. The molecule has 0 fully saturated rings. The molecule has 6 heteroatoms. The fraction of sp³-hybridized carbons (Fsp3) is 0. The third kappa shape index (κ3) is 33.1. The predicted molar refractivity (Wildman–Crippen MR) is 20.3 cm³/mol. The Morgan fingerprint density at radius 1 is 1.67 bits per heavy atom. The first-order valence-electron chi connectivity index (χ1n) is 0.516. The van der Waals surface area contributed by atoms with Gasteiger partial charge in [-0.25, -0.2) is 11.2 Å². The summed E-state index contributed by atoms with van der Waals surface area (Å²) >= 11 is 3.65. The minimum Gasteiger partial charge on any atom is -1.00 e. The number of hydrogen-bond acceptors (Lipinski definition) is 3. The average molecular weight is 145 g/mol. The van der Waals surface area contributed by atoms with E-state index in [1.807, 2.05) is 0 Å². The Balaban J connectivity index is -0.00000000750. The molecular formula is H3Na2O2S2-. The summed E-state index contributed by atoms with van der Waals surface area (Å²) in [7, 11) is -2.03. The molecule has 6 heavy (non-hydrogen) atoms. The van der Waals surface area contributed by atoms with Gasteiger partial charge in [0.05, 0.1) is 0 Å². The molecule has 0 unspecified atom stereocenters. The van der Waals surface area contributed by atoms with Gasteiger partial charge in [-0.05, 0) is 0 Å². The summed E-state index contributed by atoms with van der Waals surface area (Å²) < 4.78 is 16.3. The van der Waals surface area contributed by atoms with E-state index in [4.69, 9.17) is 8.76 Å². The maximum absolute atomic E-state index is 8.93. The molecule has 0 heterocycles. The SMILES string of the molecule is O=[S-](O)=S.[H-].[H-].[Na+].[Na+]. The van der Waals surface area contributed by atoms with Crippen LogP contribution in [0, 0.1) is 0 Å². The van der Waals surface area contributed by atoms with Crippen molar-refractivity contribution in [1.82, 2.24) is 0 Å². The first-order chi connectivity index (χ1) is 1.73. The van der Waals surface area contributed by atoms with Crippen LogP contribution in [0.3, 0.4) is 0 Å². The monoisotopic (exact) mass is 145 g/mol. The van der Waals surface area contributed by atoms with Crippen molar-refractivity contribution in [2.75, 3.05) is 0 Å². The fourth-order valence-corrected chi connectivity index (χ4v) is 0. The van der Waals surface area contributed by atoms with Crippen molar-refractivity contribution in [2.24, 2.45) is 0 Å². The Morgan fingerprint density at radius 3 is 1.67 bits per heavy atom. The largest absolute Gasteiger partial charge is 1.00 e. The summed E-state index contributed by atoms with van der Waals surface area (Å²) in [5, 5.41) is 0. The summed E-state index contributed by atoms with van der Waals surface area (Å²) in [4.78, 5) is 0. The van der Waals surface area contributed by atoms with Crippen LogP contribution in [-0.4, -0.2) is 4.55 Å². The molecule has 1 N–H and O–H groups in total. The molecule has 0 saturated heterocycles. The zero-order valence-electron chi connectivity index (χ0n) is 5.67. The molecule has 0 amide bonds. The van der Waals surface area contributed by atoms with E-state index in [0.717, 1.165) is 0 Å². The molecule has 0 atom stereocenters. The van der Waals surface area contributed by atoms with Crippen LogP contribution in [0.5, 0.6) is 0 Å². The Hall–Kier alpha value is 2.33. The Labute approximate surface area is 90.2 Å². The second-order valence-electron chi connectivity index (χ2n) is 0.217. The van der Waals surface area contributed by atoms with E-state index < -0.39 is 9.64 Å². The van der Waals surface area contributed by atoms with E-state index in [1.54, 1.807) is 0 Å². The van der Waals surface area contributed by atoms with Gasteiger partial charge in [0.1, 0.15) is 0 Å². The van der Waals surface area contributed by atoms with Crippen LogP contribution in [0.4, 0.5) is 0 Å². The Morgan fingerprint density at radius 2 is 1.67 bits per heavy atom. The standard InChI is InChI=1S/2Na.HO2S2.2H/c;;1-4(2)3;;/h;;(H,1,2,3);;/q2*+1;3*-1. The van der Waals surface area contributed by atoms with E-state index in [0.29, 0.717) is 0 Å². The quantitative estimate of drug-likeness (QED) is 0.209. The third-order valence-electron chi connectivity index (χ3n) is 0. The molecule has 0 radical (unpaired) electrons. The van der Waals surface area contributed by atoms with Gasteiger partial charge in [-0.1, -0.05) is 9.64 Å². The molecule has 0 bridgehead atoms. The van der Waals surface area contributed by atoms with Gasteiger partial charge in [0.2, 0.25) is 0 Å². The van der Waals surface area contributed by atoms with Crippen molar-refractivity contribution in [3.8, 4) is 0 Å². The fourth-order valence-electron chi connectivity index (χ4n) is 0. The number of hydrogen-bond donors (Lipinski definition) is 1. The van der Waals surface area contributed by atoms with Gasteiger partial charge in [0.15, 0.2) is 0 Å². The third-order valence-corrected chi connectivity index (χ3v) is 0. The molecule has 0 aliphatic rings. The molecule has 0 aromatic heterocycles. The predicted octanol–water partition coefficient (Wildman–Crippen LogP) is -5.88. The zero-order chi connectivity index (χ0) is 3.58. The van der Waals surface area contributed by atoms with E-state index in [2.05, 4.69) is 11.2 Å². The van der Waals surface area contributed by atoms with Crippen LogP contribution < -0.4 is 59.1 Å². The van der Waals surface area contributed by atoms with Crippen molar-refractivity contribution in [3.05, 3.63) is 0 Å². The minimum atomic E-state index is -2.03. The smallest absolute Gasteiger partial charge is 1.00 e. The Bertz CT molecular complexity index is 64.4. The molecule has 30 valence electrons. The molecule has 0 rings (SSSR count). The minimum absolute atomic E-state index is 0. The molecule has 0 aliphatic carbocycles. The first-order valence-corrected chi connectivity index (χ1v) is 2.55. The van der Waals surface area contributed by atoms with Gasteiger partial charge in [0, 0.05) is 0 Å².